The van der Waals surface area contributed by atoms with Gasteiger partial charge in [0.15, 0.2) is 0 Å². The highest BCUT2D eigenvalue weighted by atomic mass is 16.5. The summed E-state index contributed by atoms with van der Waals surface area (Å²) in [5.41, 5.74) is 2.83. The zero-order valence-corrected chi connectivity index (χ0v) is 14.3. The molecule has 2 heteroatoms. The molecule has 2 aromatic rings. The van der Waals surface area contributed by atoms with Gasteiger partial charge < -0.3 is 9.47 Å². The van der Waals surface area contributed by atoms with Crippen molar-refractivity contribution < 1.29 is 9.47 Å². The molecule has 0 amide bonds. The lowest BCUT2D eigenvalue weighted by atomic mass is 9.63. The van der Waals surface area contributed by atoms with E-state index in [0.717, 1.165) is 0 Å². The maximum Gasteiger partial charge on any atom is 0.0587 e. The lowest BCUT2D eigenvalue weighted by Crippen LogP contribution is -2.44. The van der Waals surface area contributed by atoms with Crippen LogP contribution in [-0.2, 0) is 14.9 Å². The van der Waals surface area contributed by atoms with Crippen molar-refractivity contribution in [3.8, 4) is 0 Å². The number of methoxy groups -OCH3 is 2. The average molecular weight is 298 g/mol. The Bertz CT molecular complexity index is 670. The van der Waals surface area contributed by atoms with E-state index in [-0.39, 0.29) is 10.8 Å². The molecule has 3 rings (SSSR count). The minimum atomic E-state index is -0.120. The lowest BCUT2D eigenvalue weighted by molar-refractivity contribution is 0.0231. The van der Waals surface area contributed by atoms with Crippen LogP contribution in [0.2, 0.25) is 0 Å². The third-order valence-corrected chi connectivity index (χ3v) is 5.01. The van der Waals surface area contributed by atoms with E-state index < -0.39 is 0 Å². The molecule has 0 radical (unpaired) electrons. The summed E-state index contributed by atoms with van der Waals surface area (Å²) in [6.45, 7) is 8.32. The van der Waals surface area contributed by atoms with Crippen LogP contribution < -0.4 is 0 Å². The summed E-state index contributed by atoms with van der Waals surface area (Å²) in [6.07, 6.45) is 0. The quantitative estimate of drug-likeness (QED) is 0.826. The highest BCUT2D eigenvalue weighted by Crippen LogP contribution is 2.57. The van der Waals surface area contributed by atoms with Crippen molar-refractivity contribution in [2.24, 2.45) is 5.41 Å². The van der Waals surface area contributed by atoms with Gasteiger partial charge in [-0.3, -0.25) is 0 Å². The fraction of sp³-hybridized carbons (Fsp3) is 0.500. The molecule has 118 valence electrons. The van der Waals surface area contributed by atoms with Crippen LogP contribution in [0.3, 0.4) is 0 Å². The Labute approximate surface area is 133 Å². The van der Waals surface area contributed by atoms with Gasteiger partial charge in [0.05, 0.1) is 13.2 Å². The molecule has 1 unspecified atom stereocenters. The van der Waals surface area contributed by atoms with Gasteiger partial charge in [-0.2, -0.15) is 0 Å². The summed E-state index contributed by atoms with van der Waals surface area (Å²) in [5, 5.41) is 2.72. The van der Waals surface area contributed by atoms with Crippen molar-refractivity contribution in [3.05, 3.63) is 47.5 Å². The third-order valence-electron chi connectivity index (χ3n) is 5.01. The summed E-state index contributed by atoms with van der Waals surface area (Å²) in [6, 6.07) is 13.3. The molecule has 0 heterocycles. The predicted octanol–water partition coefficient (Wildman–Crippen LogP) is 4.51. The zero-order valence-electron chi connectivity index (χ0n) is 14.3. The molecule has 1 aliphatic carbocycles. The first-order chi connectivity index (χ1) is 10.5. The van der Waals surface area contributed by atoms with Crippen LogP contribution in [0.15, 0.2) is 36.4 Å². The van der Waals surface area contributed by atoms with Crippen LogP contribution in [-0.4, -0.2) is 27.4 Å². The first-order valence-electron chi connectivity index (χ1n) is 7.96. The summed E-state index contributed by atoms with van der Waals surface area (Å²) in [5.74, 6) is 0.376. The minimum absolute atomic E-state index is 0.120. The van der Waals surface area contributed by atoms with Crippen molar-refractivity contribution in [3.63, 3.8) is 0 Å². The van der Waals surface area contributed by atoms with Gasteiger partial charge in [-0.25, -0.2) is 0 Å². The van der Waals surface area contributed by atoms with Gasteiger partial charge in [-0.05, 0) is 27.3 Å². The Kier molecular flexibility index (Phi) is 3.78. The van der Waals surface area contributed by atoms with Crippen LogP contribution in [0.4, 0.5) is 0 Å². The van der Waals surface area contributed by atoms with Gasteiger partial charge in [0.1, 0.15) is 0 Å². The molecular weight excluding hydrogens is 272 g/mol. The monoisotopic (exact) mass is 298 g/mol. The second-order valence-electron chi connectivity index (χ2n) is 7.57. The van der Waals surface area contributed by atoms with E-state index in [4.69, 9.17) is 9.47 Å². The van der Waals surface area contributed by atoms with Gasteiger partial charge in [0, 0.05) is 25.6 Å². The Morgan fingerprint density at radius 3 is 2.09 bits per heavy atom. The Balaban J connectivity index is 2.35. The number of hydrogen-bond donors (Lipinski definition) is 0. The van der Waals surface area contributed by atoms with Crippen molar-refractivity contribution >= 4 is 10.8 Å². The van der Waals surface area contributed by atoms with Gasteiger partial charge in [0.2, 0.25) is 0 Å². The smallest absolute Gasteiger partial charge is 0.0587 e. The van der Waals surface area contributed by atoms with E-state index in [1.165, 1.54) is 21.9 Å². The van der Waals surface area contributed by atoms with Crippen LogP contribution in [0.5, 0.6) is 0 Å². The molecule has 0 aliphatic heterocycles. The molecule has 0 spiro atoms. The molecule has 0 saturated carbocycles. The first-order valence-corrected chi connectivity index (χ1v) is 7.96. The zero-order chi connectivity index (χ0) is 16.0. The highest BCUT2D eigenvalue weighted by Gasteiger charge is 2.52. The molecule has 0 saturated heterocycles. The van der Waals surface area contributed by atoms with Gasteiger partial charge in [0.25, 0.3) is 0 Å². The largest absolute Gasteiger partial charge is 0.384 e. The number of benzene rings is 2. The Hall–Kier alpha value is -1.38. The second kappa shape index (κ2) is 5.36. The van der Waals surface area contributed by atoms with E-state index in [9.17, 15) is 0 Å². The topological polar surface area (TPSA) is 18.5 Å². The van der Waals surface area contributed by atoms with E-state index >= 15 is 0 Å². The lowest BCUT2D eigenvalue weighted by Gasteiger charge is -2.43. The molecule has 1 atom stereocenters. The molecule has 0 aromatic heterocycles. The van der Waals surface area contributed by atoms with Crippen LogP contribution >= 0.6 is 0 Å². The van der Waals surface area contributed by atoms with E-state index in [1.807, 2.05) is 0 Å². The number of hydrogen-bond acceptors (Lipinski definition) is 2. The number of ether oxygens (including phenoxy) is 2. The molecule has 0 bridgehead atoms. The fourth-order valence-electron chi connectivity index (χ4n) is 4.65. The molecule has 1 aliphatic rings. The minimum Gasteiger partial charge on any atom is -0.384 e. The maximum absolute atomic E-state index is 5.69. The Morgan fingerprint density at radius 2 is 1.55 bits per heavy atom. The molecule has 2 aromatic carbocycles. The SMILES string of the molecule is COCC1(COC)c2cccc3cccc(c23)C1C(C)(C)C. The summed E-state index contributed by atoms with van der Waals surface area (Å²) in [7, 11) is 3.58. The van der Waals surface area contributed by atoms with Crippen molar-refractivity contribution in [2.75, 3.05) is 27.4 Å². The molecule has 0 N–H and O–H groups in total. The predicted molar refractivity (Wildman–Crippen MR) is 91.6 cm³/mol. The van der Waals surface area contributed by atoms with Crippen LogP contribution in [0.25, 0.3) is 10.8 Å². The van der Waals surface area contributed by atoms with Gasteiger partial charge in [-0.1, -0.05) is 57.2 Å². The summed E-state index contributed by atoms with van der Waals surface area (Å²) >= 11 is 0. The maximum atomic E-state index is 5.69. The van der Waals surface area contributed by atoms with E-state index in [0.29, 0.717) is 19.1 Å². The van der Waals surface area contributed by atoms with Crippen LogP contribution in [0.1, 0.15) is 37.8 Å². The Morgan fingerprint density at radius 1 is 0.955 bits per heavy atom. The molecule has 0 fully saturated rings. The van der Waals surface area contributed by atoms with Gasteiger partial charge in [-0.15, -0.1) is 0 Å². The normalized spacial score (nSPS) is 19.8. The van der Waals surface area contributed by atoms with Crippen molar-refractivity contribution in [1.29, 1.82) is 0 Å². The first kappa shape index (κ1) is 15.5. The second-order valence-corrected chi connectivity index (χ2v) is 7.57. The molecular formula is C20H26O2. The van der Waals surface area contributed by atoms with Crippen molar-refractivity contribution in [1.82, 2.24) is 0 Å². The van der Waals surface area contributed by atoms with Gasteiger partial charge >= 0.3 is 0 Å². The molecule has 22 heavy (non-hydrogen) atoms. The van der Waals surface area contributed by atoms with E-state index in [2.05, 4.69) is 57.2 Å². The standard InChI is InChI=1S/C20H26O2/c1-19(2,3)18-15-10-6-8-14-9-7-11-16(17(14)15)20(18,12-21-4)13-22-5/h6-11,18H,12-13H2,1-5H3. The third kappa shape index (κ3) is 2.09. The van der Waals surface area contributed by atoms with Crippen LogP contribution in [0, 0.1) is 5.41 Å². The number of rotatable bonds is 4. The highest BCUT2D eigenvalue weighted by molar-refractivity contribution is 5.93. The summed E-state index contributed by atoms with van der Waals surface area (Å²) in [4.78, 5) is 0. The molecule has 2 nitrogen and oxygen atoms in total. The average Bonchev–Trinajstić information content (AvgIpc) is 2.73. The van der Waals surface area contributed by atoms with Crippen molar-refractivity contribution in [2.45, 2.75) is 32.1 Å². The van der Waals surface area contributed by atoms with E-state index in [1.54, 1.807) is 14.2 Å². The summed E-state index contributed by atoms with van der Waals surface area (Å²) < 4.78 is 11.4. The fourth-order valence-corrected chi connectivity index (χ4v) is 4.65.